The lowest BCUT2D eigenvalue weighted by molar-refractivity contribution is -0.177. The third-order valence-corrected chi connectivity index (χ3v) is 5.11. The highest BCUT2D eigenvalue weighted by atomic mass is 16.5. The first-order chi connectivity index (χ1) is 11.3. The molecule has 2 rings (SSSR count). The molecule has 2 atom stereocenters. The van der Waals surface area contributed by atoms with Crippen LogP contribution in [-0.2, 0) is 9.47 Å². The minimum Gasteiger partial charge on any atom is -0.475 e. The van der Waals surface area contributed by atoms with E-state index in [4.69, 9.17) is 14.2 Å². The van der Waals surface area contributed by atoms with Crippen molar-refractivity contribution in [3.63, 3.8) is 0 Å². The van der Waals surface area contributed by atoms with Crippen molar-refractivity contribution in [2.45, 2.75) is 38.8 Å². The average Bonchev–Trinajstić information content (AvgIpc) is 2.54. The van der Waals surface area contributed by atoms with Gasteiger partial charge in [-0.3, -0.25) is 0 Å². The van der Waals surface area contributed by atoms with Crippen molar-refractivity contribution < 1.29 is 19.0 Å². The molecule has 1 aromatic rings. The zero-order valence-electron chi connectivity index (χ0n) is 15.0. The maximum absolute atomic E-state index is 12.2. The van der Waals surface area contributed by atoms with Gasteiger partial charge in [-0.15, -0.1) is 0 Å². The normalized spacial score (nSPS) is 24.8. The van der Waals surface area contributed by atoms with Gasteiger partial charge >= 0.3 is 6.03 Å². The second kappa shape index (κ2) is 7.36. The Morgan fingerprint density at radius 1 is 1.33 bits per heavy atom. The van der Waals surface area contributed by atoms with Crippen molar-refractivity contribution in [3.8, 4) is 5.88 Å². The van der Waals surface area contributed by atoms with Crippen molar-refractivity contribution in [1.29, 1.82) is 0 Å². The predicted octanol–water partition coefficient (Wildman–Crippen LogP) is 2.43. The summed E-state index contributed by atoms with van der Waals surface area (Å²) >= 11 is 0. The number of nitrogens with one attached hydrogen (secondary N) is 2. The highest BCUT2D eigenvalue weighted by Crippen LogP contribution is 2.51. The van der Waals surface area contributed by atoms with Gasteiger partial charge in [-0.05, 0) is 19.4 Å². The number of amides is 2. The fourth-order valence-corrected chi connectivity index (χ4v) is 2.84. The summed E-state index contributed by atoms with van der Waals surface area (Å²) in [6, 6.07) is 3.20. The van der Waals surface area contributed by atoms with E-state index in [-0.39, 0.29) is 23.1 Å². The molecule has 1 heterocycles. The monoisotopic (exact) mass is 337 g/mol. The van der Waals surface area contributed by atoms with Gasteiger partial charge in [0.25, 0.3) is 0 Å². The number of methoxy groups -OCH3 is 2. The van der Waals surface area contributed by atoms with Crippen molar-refractivity contribution in [2.24, 2.45) is 5.41 Å². The molecule has 2 amide bonds. The number of nitrogens with zero attached hydrogens (tertiary/aromatic N) is 1. The minimum absolute atomic E-state index is 0.0571. The van der Waals surface area contributed by atoms with Gasteiger partial charge in [-0.2, -0.15) is 0 Å². The summed E-state index contributed by atoms with van der Waals surface area (Å²) in [7, 11) is 3.32. The molecule has 0 unspecified atom stereocenters. The van der Waals surface area contributed by atoms with E-state index in [0.717, 1.165) is 6.42 Å². The van der Waals surface area contributed by atoms with Crippen molar-refractivity contribution in [1.82, 2.24) is 10.3 Å². The van der Waals surface area contributed by atoms with Gasteiger partial charge in [-0.25, -0.2) is 9.78 Å². The number of hydrogen-bond donors (Lipinski definition) is 2. The van der Waals surface area contributed by atoms with Crippen LogP contribution in [0.15, 0.2) is 18.3 Å². The fraction of sp³-hybridized carbons (Fsp3) is 0.647. The molecular weight excluding hydrogens is 310 g/mol. The highest BCUT2D eigenvalue weighted by molar-refractivity contribution is 5.89. The number of pyridine rings is 1. The van der Waals surface area contributed by atoms with Crippen LogP contribution in [0.3, 0.4) is 0 Å². The molecule has 0 aliphatic heterocycles. The summed E-state index contributed by atoms with van der Waals surface area (Å²) in [5, 5.41) is 5.82. The average molecular weight is 337 g/mol. The van der Waals surface area contributed by atoms with E-state index in [1.807, 2.05) is 0 Å². The van der Waals surface area contributed by atoms with E-state index >= 15 is 0 Å². The van der Waals surface area contributed by atoms with Gasteiger partial charge in [0.2, 0.25) is 5.88 Å². The lowest BCUT2D eigenvalue weighted by atomic mass is 9.56. The van der Waals surface area contributed by atoms with Crippen LogP contribution in [0.2, 0.25) is 0 Å². The highest BCUT2D eigenvalue weighted by Gasteiger charge is 2.58. The summed E-state index contributed by atoms with van der Waals surface area (Å²) in [5.41, 5.74) is 0.275. The Bertz CT molecular complexity index is 579. The van der Waals surface area contributed by atoms with Crippen molar-refractivity contribution in [2.75, 3.05) is 32.8 Å². The second-order valence-corrected chi connectivity index (χ2v) is 6.74. The number of rotatable bonds is 7. The minimum atomic E-state index is -0.250. The van der Waals surface area contributed by atoms with E-state index in [1.165, 1.54) is 0 Å². The van der Waals surface area contributed by atoms with Crippen LogP contribution >= 0.6 is 0 Å². The predicted molar refractivity (Wildman–Crippen MR) is 91.4 cm³/mol. The molecule has 24 heavy (non-hydrogen) atoms. The molecule has 0 radical (unpaired) electrons. The summed E-state index contributed by atoms with van der Waals surface area (Å²) in [6.07, 6.45) is 2.37. The number of aromatic nitrogens is 1. The quantitative estimate of drug-likeness (QED) is 0.747. The molecule has 1 fully saturated rings. The molecule has 1 saturated carbocycles. The van der Waals surface area contributed by atoms with Gasteiger partial charge in [0.1, 0.15) is 6.61 Å². The smallest absolute Gasteiger partial charge is 0.319 e. The first-order valence-electron chi connectivity index (χ1n) is 8.03. The van der Waals surface area contributed by atoms with Crippen molar-refractivity contribution >= 4 is 11.7 Å². The number of ether oxygens (including phenoxy) is 3. The SMILES string of the molecule is COCCOc1cc(NC(=O)N[C@H]2C[C@@](C)(OC)C2(C)C)ccn1. The van der Waals surface area contributed by atoms with Crippen LogP contribution in [-0.4, -0.2) is 50.1 Å². The van der Waals surface area contributed by atoms with Crippen molar-refractivity contribution in [3.05, 3.63) is 18.3 Å². The molecule has 0 bridgehead atoms. The van der Waals surface area contributed by atoms with E-state index < -0.39 is 0 Å². The van der Waals surface area contributed by atoms with Gasteiger partial charge in [0.15, 0.2) is 0 Å². The van der Waals surface area contributed by atoms with Gasteiger partial charge in [0.05, 0.1) is 12.2 Å². The molecule has 0 saturated heterocycles. The molecule has 0 spiro atoms. The number of hydrogen-bond acceptors (Lipinski definition) is 5. The molecule has 0 aromatic carbocycles. The van der Waals surface area contributed by atoms with Crippen LogP contribution in [0.5, 0.6) is 5.88 Å². The summed E-state index contributed by atoms with van der Waals surface area (Å²) in [5.74, 6) is 0.445. The Balaban J connectivity index is 1.88. The van der Waals surface area contributed by atoms with Crippen LogP contribution in [0, 0.1) is 5.41 Å². The third kappa shape index (κ3) is 3.79. The van der Waals surface area contributed by atoms with Crippen LogP contribution in [0.4, 0.5) is 10.5 Å². The van der Waals surface area contributed by atoms with E-state index in [9.17, 15) is 4.79 Å². The number of urea groups is 1. The second-order valence-electron chi connectivity index (χ2n) is 6.74. The molecular formula is C17H27N3O4. The number of carbonyl (C=O) groups excluding carboxylic acids is 1. The maximum Gasteiger partial charge on any atom is 0.319 e. The largest absolute Gasteiger partial charge is 0.475 e. The van der Waals surface area contributed by atoms with E-state index in [2.05, 4.69) is 36.4 Å². The first kappa shape index (κ1) is 18.5. The first-order valence-corrected chi connectivity index (χ1v) is 8.03. The summed E-state index contributed by atoms with van der Waals surface area (Å²) < 4.78 is 15.9. The Kier molecular flexibility index (Phi) is 5.66. The Labute approximate surface area is 143 Å². The van der Waals surface area contributed by atoms with E-state index in [0.29, 0.717) is 24.8 Å². The van der Waals surface area contributed by atoms with Gasteiger partial charge in [-0.1, -0.05) is 13.8 Å². The van der Waals surface area contributed by atoms with Crippen LogP contribution in [0.1, 0.15) is 27.2 Å². The standard InChI is InChI=1S/C17H27N3O4/c1-16(2)13(11-17(16,3)23-5)20-15(21)19-12-6-7-18-14(10-12)24-9-8-22-4/h6-7,10,13H,8-9,11H2,1-5H3,(H2,18,19,20,21)/t13-,17+/m0/s1. The zero-order valence-corrected chi connectivity index (χ0v) is 15.0. The lowest BCUT2D eigenvalue weighted by Gasteiger charge is -2.59. The Hall–Kier alpha value is -1.86. The Morgan fingerprint density at radius 3 is 2.71 bits per heavy atom. The summed E-state index contributed by atoms with van der Waals surface area (Å²) in [4.78, 5) is 16.3. The molecule has 134 valence electrons. The topological polar surface area (TPSA) is 81.7 Å². The molecule has 1 aliphatic rings. The molecule has 1 aliphatic carbocycles. The number of anilines is 1. The maximum atomic E-state index is 12.2. The van der Waals surface area contributed by atoms with Gasteiger partial charge < -0.3 is 24.8 Å². The van der Waals surface area contributed by atoms with Gasteiger partial charge in [0, 0.05) is 43.6 Å². The van der Waals surface area contributed by atoms with Crippen LogP contribution in [0.25, 0.3) is 0 Å². The fourth-order valence-electron chi connectivity index (χ4n) is 2.84. The lowest BCUT2D eigenvalue weighted by Crippen LogP contribution is -2.68. The summed E-state index contributed by atoms with van der Waals surface area (Å²) in [6.45, 7) is 7.15. The van der Waals surface area contributed by atoms with Crippen LogP contribution < -0.4 is 15.4 Å². The molecule has 2 N–H and O–H groups in total. The molecule has 7 heteroatoms. The molecule has 1 aromatic heterocycles. The zero-order chi connectivity index (χ0) is 17.8. The molecule has 7 nitrogen and oxygen atoms in total. The number of carbonyl (C=O) groups is 1. The van der Waals surface area contributed by atoms with E-state index in [1.54, 1.807) is 32.5 Å². The Morgan fingerprint density at radius 2 is 2.08 bits per heavy atom. The third-order valence-electron chi connectivity index (χ3n) is 5.11.